The second-order valence-corrected chi connectivity index (χ2v) is 7.43. The molecule has 0 aliphatic rings. The highest BCUT2D eigenvalue weighted by atomic mass is 35.5. The molecule has 3 aromatic rings. The van der Waals surface area contributed by atoms with Crippen LogP contribution >= 0.6 is 22.9 Å². The third kappa shape index (κ3) is 3.05. The van der Waals surface area contributed by atoms with Gasteiger partial charge in [0.25, 0.3) is 11.5 Å². The first-order valence-electron chi connectivity index (χ1n) is 7.53. The quantitative estimate of drug-likeness (QED) is 0.775. The minimum Gasteiger partial charge on any atom is -0.350 e. The van der Waals surface area contributed by atoms with Gasteiger partial charge in [0.1, 0.15) is 0 Å². The van der Waals surface area contributed by atoms with E-state index >= 15 is 0 Å². The van der Waals surface area contributed by atoms with Crippen molar-refractivity contribution in [2.75, 3.05) is 27.2 Å². The van der Waals surface area contributed by atoms with E-state index in [-0.39, 0.29) is 11.5 Å². The topological polar surface area (TPSA) is 54.3 Å². The van der Waals surface area contributed by atoms with Gasteiger partial charge in [-0.25, -0.2) is 0 Å². The van der Waals surface area contributed by atoms with E-state index in [2.05, 4.69) is 5.32 Å². The molecule has 2 heterocycles. The molecule has 2 aromatic heterocycles. The van der Waals surface area contributed by atoms with Gasteiger partial charge in [-0.2, -0.15) is 0 Å². The van der Waals surface area contributed by atoms with Gasteiger partial charge in [-0.15, -0.1) is 11.3 Å². The summed E-state index contributed by atoms with van der Waals surface area (Å²) in [5.41, 5.74) is 0.643. The molecule has 5 nitrogen and oxygen atoms in total. The normalized spacial score (nSPS) is 11.5. The Morgan fingerprint density at radius 1 is 1.29 bits per heavy atom. The van der Waals surface area contributed by atoms with Gasteiger partial charge in [0.2, 0.25) is 0 Å². The number of aryl methyl sites for hydroxylation is 1. The fraction of sp³-hybridized carbons (Fsp3) is 0.294. The highest BCUT2D eigenvalue weighted by Gasteiger charge is 2.16. The molecule has 0 bridgehead atoms. The van der Waals surface area contributed by atoms with Gasteiger partial charge in [-0.05, 0) is 38.4 Å². The fourth-order valence-electron chi connectivity index (χ4n) is 2.61. The van der Waals surface area contributed by atoms with E-state index < -0.39 is 0 Å². The van der Waals surface area contributed by atoms with Crippen LogP contribution in [-0.2, 0) is 7.05 Å². The lowest BCUT2D eigenvalue weighted by molar-refractivity contribution is 0.0955. The number of fused-ring (bicyclic) bond motifs is 3. The Labute approximate surface area is 148 Å². The summed E-state index contributed by atoms with van der Waals surface area (Å²) in [4.78, 5) is 27.5. The number of hydrogen-bond donors (Lipinski definition) is 1. The Bertz CT molecular complexity index is 991. The molecule has 126 valence electrons. The van der Waals surface area contributed by atoms with Crippen LogP contribution in [0.5, 0.6) is 0 Å². The number of carbonyl (C=O) groups is 1. The molecule has 0 atom stereocenters. The average molecular weight is 364 g/mol. The number of hydrogen-bond acceptors (Lipinski definition) is 4. The van der Waals surface area contributed by atoms with Crippen molar-refractivity contribution in [3.05, 3.63) is 44.5 Å². The summed E-state index contributed by atoms with van der Waals surface area (Å²) in [5, 5.41) is 4.95. The second kappa shape index (κ2) is 6.55. The first kappa shape index (κ1) is 17.0. The summed E-state index contributed by atoms with van der Waals surface area (Å²) in [7, 11) is 5.62. The monoisotopic (exact) mass is 363 g/mol. The molecule has 0 aliphatic carbocycles. The lowest BCUT2D eigenvalue weighted by atomic mass is 10.1. The molecular weight excluding hydrogens is 346 g/mol. The Kier molecular flexibility index (Phi) is 4.62. The first-order chi connectivity index (χ1) is 11.4. The van der Waals surface area contributed by atoms with Crippen LogP contribution in [0.1, 0.15) is 9.67 Å². The number of pyridine rings is 1. The molecule has 1 N–H and O–H groups in total. The number of carbonyl (C=O) groups excluding carboxylic acids is 1. The highest BCUT2D eigenvalue weighted by molar-refractivity contribution is 7.21. The van der Waals surface area contributed by atoms with Crippen molar-refractivity contribution >= 4 is 49.8 Å². The number of nitrogens with one attached hydrogen (secondary N) is 1. The molecule has 3 rings (SSSR count). The van der Waals surface area contributed by atoms with Crippen molar-refractivity contribution < 1.29 is 4.79 Å². The Morgan fingerprint density at radius 3 is 2.75 bits per heavy atom. The zero-order chi connectivity index (χ0) is 17.4. The standard InChI is InChI=1S/C17H18ClN3O2S/c1-20(2)7-6-19-16(22)14-9-12-15(24-14)11-5-4-10(18)8-13(11)21(3)17(12)23/h4-5,8-9H,6-7H2,1-3H3,(H,19,22). The number of amides is 1. The second-order valence-electron chi connectivity index (χ2n) is 5.94. The summed E-state index contributed by atoms with van der Waals surface area (Å²) in [6.07, 6.45) is 0. The predicted molar refractivity (Wildman–Crippen MR) is 100 cm³/mol. The summed E-state index contributed by atoms with van der Waals surface area (Å²) in [6, 6.07) is 7.14. The molecular formula is C17H18ClN3O2S. The van der Waals surface area contributed by atoms with Gasteiger partial charge in [0, 0.05) is 35.2 Å². The average Bonchev–Trinajstić information content (AvgIpc) is 2.97. The minimum atomic E-state index is -0.151. The molecule has 1 amide bonds. The Balaban J connectivity index is 2.08. The van der Waals surface area contributed by atoms with Gasteiger partial charge in [0.15, 0.2) is 0 Å². The molecule has 0 spiro atoms. The van der Waals surface area contributed by atoms with Gasteiger partial charge >= 0.3 is 0 Å². The third-order valence-electron chi connectivity index (χ3n) is 3.90. The van der Waals surface area contributed by atoms with E-state index in [0.717, 1.165) is 22.1 Å². The van der Waals surface area contributed by atoms with Crippen LogP contribution in [0.4, 0.5) is 0 Å². The van der Waals surface area contributed by atoms with Crippen molar-refractivity contribution in [1.82, 2.24) is 14.8 Å². The van der Waals surface area contributed by atoms with Crippen LogP contribution in [0.2, 0.25) is 5.02 Å². The SMILES string of the molecule is CN(C)CCNC(=O)c1cc2c(=O)n(C)c3cc(Cl)ccc3c2s1. The summed E-state index contributed by atoms with van der Waals surface area (Å²) in [5.74, 6) is -0.151. The molecule has 24 heavy (non-hydrogen) atoms. The molecule has 0 aliphatic heterocycles. The van der Waals surface area contributed by atoms with Crippen LogP contribution in [0, 0.1) is 0 Å². The van der Waals surface area contributed by atoms with E-state index in [9.17, 15) is 9.59 Å². The highest BCUT2D eigenvalue weighted by Crippen LogP contribution is 2.31. The van der Waals surface area contributed by atoms with Crippen molar-refractivity contribution in [3.63, 3.8) is 0 Å². The van der Waals surface area contributed by atoms with Crippen LogP contribution < -0.4 is 10.9 Å². The first-order valence-corrected chi connectivity index (χ1v) is 8.72. The number of benzene rings is 1. The molecule has 0 saturated heterocycles. The molecule has 7 heteroatoms. The number of rotatable bonds is 4. The van der Waals surface area contributed by atoms with Crippen molar-refractivity contribution in [2.45, 2.75) is 0 Å². The van der Waals surface area contributed by atoms with Crippen LogP contribution in [0.15, 0.2) is 29.1 Å². The van der Waals surface area contributed by atoms with E-state index in [1.807, 2.05) is 25.1 Å². The van der Waals surface area contributed by atoms with Crippen molar-refractivity contribution in [1.29, 1.82) is 0 Å². The van der Waals surface area contributed by atoms with Gasteiger partial charge < -0.3 is 14.8 Å². The molecule has 1 aromatic carbocycles. The van der Waals surface area contributed by atoms with Crippen molar-refractivity contribution in [3.8, 4) is 0 Å². The minimum absolute atomic E-state index is 0.122. The van der Waals surface area contributed by atoms with E-state index in [0.29, 0.717) is 21.8 Å². The zero-order valence-electron chi connectivity index (χ0n) is 13.7. The Morgan fingerprint density at radius 2 is 2.04 bits per heavy atom. The largest absolute Gasteiger partial charge is 0.350 e. The maximum absolute atomic E-state index is 12.6. The smallest absolute Gasteiger partial charge is 0.261 e. The molecule has 0 saturated carbocycles. The van der Waals surface area contributed by atoms with E-state index in [4.69, 9.17) is 11.6 Å². The number of likely N-dealkylation sites (N-methyl/N-ethyl adjacent to an activating group) is 1. The molecule has 0 radical (unpaired) electrons. The van der Waals surface area contributed by atoms with Crippen LogP contribution in [0.3, 0.4) is 0 Å². The van der Waals surface area contributed by atoms with Gasteiger partial charge in [-0.1, -0.05) is 11.6 Å². The van der Waals surface area contributed by atoms with E-state index in [1.54, 1.807) is 29.8 Å². The fourth-order valence-corrected chi connectivity index (χ4v) is 3.87. The lowest BCUT2D eigenvalue weighted by Crippen LogP contribution is -2.30. The zero-order valence-corrected chi connectivity index (χ0v) is 15.3. The van der Waals surface area contributed by atoms with E-state index in [1.165, 1.54) is 11.3 Å². The number of aromatic nitrogens is 1. The van der Waals surface area contributed by atoms with Crippen LogP contribution in [0.25, 0.3) is 21.0 Å². The molecule has 0 unspecified atom stereocenters. The van der Waals surface area contributed by atoms with Gasteiger partial charge in [0.05, 0.1) is 15.8 Å². The van der Waals surface area contributed by atoms with Crippen LogP contribution in [-0.4, -0.2) is 42.6 Å². The summed E-state index contributed by atoms with van der Waals surface area (Å²) >= 11 is 7.39. The number of halogens is 1. The maximum Gasteiger partial charge on any atom is 0.261 e. The molecule has 0 fully saturated rings. The van der Waals surface area contributed by atoms with Gasteiger partial charge in [-0.3, -0.25) is 9.59 Å². The summed E-state index contributed by atoms with van der Waals surface area (Å²) in [6.45, 7) is 1.33. The third-order valence-corrected chi connectivity index (χ3v) is 5.30. The Hall–Kier alpha value is -1.89. The lowest BCUT2D eigenvalue weighted by Gasteiger charge is -2.09. The summed E-state index contributed by atoms with van der Waals surface area (Å²) < 4.78 is 2.40. The number of nitrogens with zero attached hydrogens (tertiary/aromatic N) is 2. The number of thiophene rings is 1. The van der Waals surface area contributed by atoms with Crippen molar-refractivity contribution in [2.24, 2.45) is 7.05 Å². The predicted octanol–water partition coefficient (Wildman–Crippen LogP) is 2.70. The maximum atomic E-state index is 12.6.